The van der Waals surface area contributed by atoms with Crippen LogP contribution in [0.15, 0.2) is 22.6 Å². The first-order chi connectivity index (χ1) is 13.4. The smallest absolute Gasteiger partial charge is 0.189 e. The van der Waals surface area contributed by atoms with Gasteiger partial charge in [-0.3, -0.25) is 0 Å². The van der Waals surface area contributed by atoms with E-state index < -0.39 is 0 Å². The normalized spacial score (nSPS) is 17.9. The minimum Gasteiger partial charge on any atom is -0.486 e. The van der Waals surface area contributed by atoms with Crippen LogP contribution in [0.5, 0.6) is 5.75 Å². The molecule has 1 aliphatic carbocycles. The monoisotopic (exact) mass is 368 g/mol. The summed E-state index contributed by atoms with van der Waals surface area (Å²) in [5.74, 6) is 3.30. The van der Waals surface area contributed by atoms with E-state index in [9.17, 15) is 0 Å². The van der Waals surface area contributed by atoms with Crippen LogP contribution in [0.25, 0.3) is 11.0 Å². The molecule has 3 aromatic rings. The van der Waals surface area contributed by atoms with Crippen molar-refractivity contribution < 1.29 is 13.9 Å². The molecule has 2 aliphatic rings. The first kappa shape index (κ1) is 16.7. The van der Waals surface area contributed by atoms with E-state index in [-0.39, 0.29) is 0 Å². The lowest BCUT2D eigenvalue weighted by Crippen LogP contribution is -2.22. The van der Waals surface area contributed by atoms with Crippen LogP contribution >= 0.6 is 0 Å². The lowest BCUT2D eigenvalue weighted by Gasteiger charge is -2.21. The number of nitrogens with zero attached hydrogens (tertiary/aromatic N) is 4. The molecule has 2 aromatic heterocycles. The Morgan fingerprint density at radius 3 is 2.96 bits per heavy atom. The van der Waals surface area contributed by atoms with Crippen LogP contribution in [0.2, 0.25) is 0 Å². The molecule has 1 aliphatic heterocycles. The summed E-state index contributed by atoms with van der Waals surface area (Å²) in [5, 5.41) is 13.3. The second-order valence-electron chi connectivity index (χ2n) is 7.49. The van der Waals surface area contributed by atoms with Crippen LogP contribution in [0.4, 0.5) is 0 Å². The summed E-state index contributed by atoms with van der Waals surface area (Å²) in [6.45, 7) is 2.84. The fraction of sp³-hybridized carbons (Fsp3) is 0.550. The van der Waals surface area contributed by atoms with E-state index in [1.165, 1.54) is 23.8 Å². The molecule has 1 aromatic carbocycles. The second kappa shape index (κ2) is 7.31. The van der Waals surface area contributed by atoms with Gasteiger partial charge in [-0.2, -0.15) is 0 Å². The Labute approximate surface area is 157 Å². The van der Waals surface area contributed by atoms with Crippen molar-refractivity contribution in [2.45, 2.75) is 51.7 Å². The van der Waals surface area contributed by atoms with E-state index in [4.69, 9.17) is 13.9 Å². The average Bonchev–Trinajstić information content (AvgIpc) is 3.31. The van der Waals surface area contributed by atoms with Gasteiger partial charge in [0, 0.05) is 37.1 Å². The molecule has 7 heteroatoms. The van der Waals surface area contributed by atoms with Crippen LogP contribution in [0.3, 0.4) is 0 Å². The molecule has 1 fully saturated rings. The molecule has 7 nitrogen and oxygen atoms in total. The zero-order chi connectivity index (χ0) is 18.1. The number of benzene rings is 1. The summed E-state index contributed by atoms with van der Waals surface area (Å²) in [6, 6.07) is 6.06. The molecule has 0 N–H and O–H groups in total. The van der Waals surface area contributed by atoms with Gasteiger partial charge in [-0.15, -0.1) is 5.10 Å². The summed E-state index contributed by atoms with van der Waals surface area (Å²) < 4.78 is 19.3. The highest BCUT2D eigenvalue weighted by Gasteiger charge is 2.19. The zero-order valence-corrected chi connectivity index (χ0v) is 15.4. The molecule has 0 amide bonds. The largest absolute Gasteiger partial charge is 0.486 e. The van der Waals surface area contributed by atoms with Crippen LogP contribution in [-0.4, -0.2) is 33.4 Å². The topological polar surface area (TPSA) is 75.2 Å². The lowest BCUT2D eigenvalue weighted by molar-refractivity contribution is 0.0593. The average molecular weight is 368 g/mol. The van der Waals surface area contributed by atoms with Crippen molar-refractivity contribution in [1.29, 1.82) is 0 Å². The van der Waals surface area contributed by atoms with Crippen molar-refractivity contribution in [1.82, 2.24) is 20.2 Å². The fourth-order valence-corrected chi connectivity index (χ4v) is 4.12. The van der Waals surface area contributed by atoms with Gasteiger partial charge >= 0.3 is 0 Å². The number of furan rings is 1. The standard InChI is InChI=1S/C20H24N4O3/c1-2-4-18-16(3-1)17-11-15(5-6-19(17)27-18)26-13-20-21-22-23-24(20)12-14-7-9-25-10-8-14/h5-6,11,14H,1-4,7-10,12-13H2. The Morgan fingerprint density at radius 1 is 1.15 bits per heavy atom. The lowest BCUT2D eigenvalue weighted by atomic mass is 9.96. The molecule has 142 valence electrons. The maximum Gasteiger partial charge on any atom is 0.189 e. The molecule has 0 unspecified atom stereocenters. The van der Waals surface area contributed by atoms with Crippen LogP contribution in [0.1, 0.15) is 42.8 Å². The van der Waals surface area contributed by atoms with Gasteiger partial charge < -0.3 is 13.9 Å². The first-order valence-corrected chi connectivity index (χ1v) is 9.87. The van der Waals surface area contributed by atoms with Crippen LogP contribution in [0, 0.1) is 5.92 Å². The summed E-state index contributed by atoms with van der Waals surface area (Å²) in [7, 11) is 0. The van der Waals surface area contributed by atoms with Gasteiger partial charge in [0.25, 0.3) is 0 Å². The van der Waals surface area contributed by atoms with Crippen molar-refractivity contribution in [2.75, 3.05) is 13.2 Å². The predicted octanol–water partition coefficient (Wildman–Crippen LogP) is 3.30. The number of fused-ring (bicyclic) bond motifs is 3. The number of hydrogen-bond acceptors (Lipinski definition) is 6. The van der Waals surface area contributed by atoms with Gasteiger partial charge in [0.05, 0.1) is 0 Å². The van der Waals surface area contributed by atoms with Crippen LogP contribution in [-0.2, 0) is 30.7 Å². The molecule has 3 heterocycles. The highest BCUT2D eigenvalue weighted by atomic mass is 16.5. The Hall–Kier alpha value is -2.41. The molecular weight excluding hydrogens is 344 g/mol. The molecule has 27 heavy (non-hydrogen) atoms. The summed E-state index contributed by atoms with van der Waals surface area (Å²) in [6.07, 6.45) is 6.70. The van der Waals surface area contributed by atoms with Crippen molar-refractivity contribution >= 4 is 11.0 Å². The van der Waals surface area contributed by atoms with E-state index in [0.717, 1.165) is 68.4 Å². The third-order valence-electron chi connectivity index (χ3n) is 5.67. The molecule has 0 atom stereocenters. The summed E-state index contributed by atoms with van der Waals surface area (Å²) in [5.41, 5.74) is 2.31. The van der Waals surface area contributed by atoms with Gasteiger partial charge in [0.1, 0.15) is 23.7 Å². The molecule has 1 saturated heterocycles. The predicted molar refractivity (Wildman–Crippen MR) is 98.5 cm³/mol. The second-order valence-corrected chi connectivity index (χ2v) is 7.49. The zero-order valence-electron chi connectivity index (χ0n) is 15.4. The summed E-state index contributed by atoms with van der Waals surface area (Å²) >= 11 is 0. The Morgan fingerprint density at radius 2 is 2.04 bits per heavy atom. The Bertz CT molecular complexity index is 927. The highest BCUT2D eigenvalue weighted by Crippen LogP contribution is 2.34. The van der Waals surface area contributed by atoms with Crippen molar-refractivity contribution in [3.8, 4) is 5.75 Å². The number of tetrazole rings is 1. The van der Waals surface area contributed by atoms with Crippen LogP contribution < -0.4 is 4.74 Å². The third kappa shape index (κ3) is 3.43. The maximum atomic E-state index is 6.02. The van der Waals surface area contributed by atoms with Gasteiger partial charge in [-0.1, -0.05) is 0 Å². The number of ether oxygens (including phenoxy) is 2. The van der Waals surface area contributed by atoms with Crippen molar-refractivity contribution in [2.24, 2.45) is 5.92 Å². The summed E-state index contributed by atoms with van der Waals surface area (Å²) in [4.78, 5) is 0. The maximum absolute atomic E-state index is 6.02. The van der Waals surface area contributed by atoms with E-state index in [2.05, 4.69) is 21.6 Å². The SMILES string of the molecule is c1cc2oc3c(c2cc1OCc1nnnn1CC1CCOCC1)CCCC3. The minimum absolute atomic E-state index is 0.363. The molecule has 0 radical (unpaired) electrons. The third-order valence-corrected chi connectivity index (χ3v) is 5.67. The fourth-order valence-electron chi connectivity index (χ4n) is 4.12. The molecular formula is C20H24N4O3. The molecule has 0 spiro atoms. The minimum atomic E-state index is 0.363. The van der Waals surface area contributed by atoms with Crippen molar-refractivity contribution in [3.63, 3.8) is 0 Å². The van der Waals surface area contributed by atoms with E-state index >= 15 is 0 Å². The number of aromatic nitrogens is 4. The quantitative estimate of drug-likeness (QED) is 0.688. The Kier molecular flexibility index (Phi) is 4.53. The molecule has 5 rings (SSSR count). The first-order valence-electron chi connectivity index (χ1n) is 9.87. The molecule has 0 bridgehead atoms. The highest BCUT2D eigenvalue weighted by molar-refractivity contribution is 5.84. The van der Waals surface area contributed by atoms with E-state index in [1.54, 1.807) is 0 Å². The van der Waals surface area contributed by atoms with Crippen molar-refractivity contribution in [3.05, 3.63) is 35.3 Å². The van der Waals surface area contributed by atoms with E-state index in [1.807, 2.05) is 16.8 Å². The number of aryl methyl sites for hydroxylation is 2. The van der Waals surface area contributed by atoms with Gasteiger partial charge in [0.15, 0.2) is 5.82 Å². The Balaban J connectivity index is 1.29. The van der Waals surface area contributed by atoms with E-state index in [0.29, 0.717) is 12.5 Å². The molecule has 0 saturated carbocycles. The van der Waals surface area contributed by atoms with Gasteiger partial charge in [0.2, 0.25) is 0 Å². The van der Waals surface area contributed by atoms with Gasteiger partial charge in [-0.25, -0.2) is 4.68 Å². The number of rotatable bonds is 5. The van der Waals surface area contributed by atoms with Gasteiger partial charge in [-0.05, 0) is 66.6 Å². The number of hydrogen-bond donors (Lipinski definition) is 0.